The predicted octanol–water partition coefficient (Wildman–Crippen LogP) is 4.68. The number of ketones is 1. The zero-order chi connectivity index (χ0) is 17.9. The van der Waals surface area contributed by atoms with Crippen LogP contribution < -0.4 is 5.56 Å². The molecule has 0 bridgehead atoms. The van der Waals surface area contributed by atoms with Gasteiger partial charge in [-0.1, -0.05) is 48.5 Å². The van der Waals surface area contributed by atoms with Gasteiger partial charge < -0.3 is 9.40 Å². The monoisotopic (exact) mass is 341 g/mol. The zero-order valence-corrected chi connectivity index (χ0v) is 13.8. The van der Waals surface area contributed by atoms with E-state index in [9.17, 15) is 9.59 Å². The Kier molecular flexibility index (Phi) is 4.07. The van der Waals surface area contributed by atoms with Crippen LogP contribution in [0.5, 0.6) is 0 Å². The summed E-state index contributed by atoms with van der Waals surface area (Å²) in [4.78, 5) is 28.4. The van der Waals surface area contributed by atoms with Crippen LogP contribution in [0.25, 0.3) is 28.1 Å². The lowest BCUT2D eigenvalue weighted by Crippen LogP contribution is -2.18. The Morgan fingerprint density at radius 3 is 2.46 bits per heavy atom. The summed E-state index contributed by atoms with van der Waals surface area (Å²) in [5, 5.41) is 0.827. The third-order valence-corrected chi connectivity index (χ3v) is 4.17. The minimum absolute atomic E-state index is 0.123. The van der Waals surface area contributed by atoms with E-state index in [1.54, 1.807) is 18.2 Å². The van der Waals surface area contributed by atoms with Gasteiger partial charge in [0, 0.05) is 16.5 Å². The molecular weight excluding hydrogens is 326 g/mol. The number of nitrogens with one attached hydrogen (secondary N) is 1. The molecule has 126 valence electrons. The molecule has 0 saturated heterocycles. The van der Waals surface area contributed by atoms with E-state index in [0.717, 1.165) is 10.9 Å². The van der Waals surface area contributed by atoms with E-state index in [0.29, 0.717) is 16.8 Å². The van der Waals surface area contributed by atoms with Crippen molar-refractivity contribution in [3.63, 3.8) is 0 Å². The summed E-state index contributed by atoms with van der Waals surface area (Å²) in [5.41, 5.74) is 1.88. The van der Waals surface area contributed by atoms with Gasteiger partial charge >= 0.3 is 0 Å². The molecule has 4 nitrogen and oxygen atoms in total. The van der Waals surface area contributed by atoms with Crippen molar-refractivity contribution in [2.45, 2.75) is 0 Å². The summed E-state index contributed by atoms with van der Waals surface area (Å²) in [5.74, 6) is 0.184. The topological polar surface area (TPSA) is 63.1 Å². The number of hydrogen-bond acceptors (Lipinski definition) is 3. The second kappa shape index (κ2) is 6.69. The maximum Gasteiger partial charge on any atom is 0.260 e. The van der Waals surface area contributed by atoms with Gasteiger partial charge in [0.15, 0.2) is 5.78 Å². The number of fused-ring (bicyclic) bond motifs is 1. The number of rotatable bonds is 4. The lowest BCUT2D eigenvalue weighted by molar-refractivity contribution is 0.104. The van der Waals surface area contributed by atoms with E-state index in [4.69, 9.17) is 4.42 Å². The van der Waals surface area contributed by atoms with Crippen LogP contribution in [0.3, 0.4) is 0 Å². The molecule has 2 aromatic heterocycles. The highest BCUT2D eigenvalue weighted by Gasteiger charge is 2.18. The molecule has 1 N–H and O–H groups in total. The van der Waals surface area contributed by atoms with Crippen molar-refractivity contribution in [3.8, 4) is 11.1 Å². The molecular formula is C22H15NO3. The number of pyridine rings is 1. The van der Waals surface area contributed by atoms with Crippen molar-refractivity contribution < 1.29 is 9.21 Å². The van der Waals surface area contributed by atoms with Crippen molar-refractivity contribution in [2.75, 3.05) is 0 Å². The second-order valence-electron chi connectivity index (χ2n) is 5.83. The van der Waals surface area contributed by atoms with Crippen molar-refractivity contribution in [2.24, 2.45) is 0 Å². The highest BCUT2D eigenvalue weighted by Crippen LogP contribution is 2.29. The van der Waals surface area contributed by atoms with Crippen LogP contribution >= 0.6 is 0 Å². The van der Waals surface area contributed by atoms with Gasteiger partial charge in [0.25, 0.3) is 5.56 Å². The van der Waals surface area contributed by atoms with Gasteiger partial charge in [-0.25, -0.2) is 0 Å². The first-order chi connectivity index (χ1) is 12.7. The highest BCUT2D eigenvalue weighted by molar-refractivity contribution is 6.14. The van der Waals surface area contributed by atoms with E-state index in [1.807, 2.05) is 54.6 Å². The fourth-order valence-electron chi connectivity index (χ4n) is 3.01. The molecule has 0 amide bonds. The van der Waals surface area contributed by atoms with E-state index < -0.39 is 5.56 Å². The lowest BCUT2D eigenvalue weighted by atomic mass is 9.94. The van der Waals surface area contributed by atoms with Gasteiger partial charge in [-0.05, 0) is 35.9 Å². The summed E-state index contributed by atoms with van der Waals surface area (Å²) in [6.45, 7) is 0. The van der Waals surface area contributed by atoms with Gasteiger partial charge in [0.2, 0.25) is 0 Å². The van der Waals surface area contributed by atoms with Crippen LogP contribution in [0.1, 0.15) is 16.1 Å². The molecule has 0 unspecified atom stereocenters. The number of carbonyl (C=O) groups is 1. The first-order valence-corrected chi connectivity index (χ1v) is 8.20. The number of hydrogen-bond donors (Lipinski definition) is 1. The molecule has 0 saturated carbocycles. The summed E-state index contributed by atoms with van der Waals surface area (Å²) in [6.07, 6.45) is 4.46. The third-order valence-electron chi connectivity index (χ3n) is 4.17. The van der Waals surface area contributed by atoms with Crippen LogP contribution in [0.2, 0.25) is 0 Å². The number of aromatic amines is 1. The Morgan fingerprint density at radius 1 is 0.923 bits per heavy atom. The molecule has 0 spiro atoms. The van der Waals surface area contributed by atoms with Crippen LogP contribution in [-0.4, -0.2) is 10.8 Å². The smallest absolute Gasteiger partial charge is 0.260 e. The van der Waals surface area contributed by atoms with Gasteiger partial charge in [-0.2, -0.15) is 0 Å². The first-order valence-electron chi connectivity index (χ1n) is 8.20. The fraction of sp³-hybridized carbons (Fsp3) is 0. The van der Waals surface area contributed by atoms with Gasteiger partial charge in [0.1, 0.15) is 5.76 Å². The predicted molar refractivity (Wildman–Crippen MR) is 102 cm³/mol. The Morgan fingerprint density at radius 2 is 1.69 bits per heavy atom. The Balaban J connectivity index is 1.95. The molecule has 4 rings (SSSR count). The highest BCUT2D eigenvalue weighted by atomic mass is 16.3. The van der Waals surface area contributed by atoms with E-state index >= 15 is 0 Å². The Hall–Kier alpha value is -3.66. The number of aromatic nitrogens is 1. The minimum atomic E-state index is -0.406. The SMILES string of the molecule is O=C(C=Cc1ccco1)c1c(-c2ccccc2)c2ccccc2[nH]c1=O. The fourth-order valence-corrected chi connectivity index (χ4v) is 3.01. The van der Waals surface area contributed by atoms with E-state index in [-0.39, 0.29) is 11.3 Å². The molecule has 2 heterocycles. The number of allylic oxidation sites excluding steroid dienone is 1. The van der Waals surface area contributed by atoms with Crippen LogP contribution in [0.15, 0.2) is 88.3 Å². The Labute approximate surface area is 149 Å². The maximum absolute atomic E-state index is 12.9. The molecule has 0 atom stereocenters. The number of benzene rings is 2. The summed E-state index contributed by atoms with van der Waals surface area (Å²) in [6, 6.07) is 20.4. The average Bonchev–Trinajstić information content (AvgIpc) is 3.19. The van der Waals surface area contributed by atoms with E-state index in [1.165, 1.54) is 12.3 Å². The first kappa shape index (κ1) is 15.8. The Bertz CT molecular complexity index is 1150. The second-order valence-corrected chi connectivity index (χ2v) is 5.83. The van der Waals surface area contributed by atoms with Crippen molar-refractivity contribution in [1.29, 1.82) is 0 Å². The standard InChI is InChI=1S/C22H15NO3/c24-19(13-12-16-9-6-14-26-16)21-20(15-7-2-1-3-8-15)17-10-4-5-11-18(17)23-22(21)25/h1-14H,(H,23,25). The van der Waals surface area contributed by atoms with Crippen molar-refractivity contribution in [1.82, 2.24) is 4.98 Å². The number of furan rings is 1. The summed E-state index contributed by atoms with van der Waals surface area (Å²) >= 11 is 0. The molecule has 4 heteroatoms. The number of para-hydroxylation sites is 1. The zero-order valence-electron chi connectivity index (χ0n) is 13.8. The molecule has 0 radical (unpaired) electrons. The van der Waals surface area contributed by atoms with Gasteiger partial charge in [-0.3, -0.25) is 9.59 Å². The molecule has 4 aromatic rings. The maximum atomic E-state index is 12.9. The van der Waals surface area contributed by atoms with Crippen LogP contribution in [-0.2, 0) is 0 Å². The minimum Gasteiger partial charge on any atom is -0.465 e. The molecule has 0 aliphatic carbocycles. The third kappa shape index (κ3) is 2.89. The van der Waals surface area contributed by atoms with Gasteiger partial charge in [0.05, 0.1) is 11.8 Å². The molecule has 0 aliphatic rings. The van der Waals surface area contributed by atoms with Gasteiger partial charge in [-0.15, -0.1) is 0 Å². The van der Waals surface area contributed by atoms with Crippen LogP contribution in [0.4, 0.5) is 0 Å². The number of carbonyl (C=O) groups excluding carboxylic acids is 1. The van der Waals surface area contributed by atoms with Crippen LogP contribution in [0, 0.1) is 0 Å². The van der Waals surface area contributed by atoms with Crippen molar-refractivity contribution >= 4 is 22.8 Å². The quantitative estimate of drug-likeness (QED) is 0.433. The molecule has 0 aliphatic heterocycles. The summed E-state index contributed by atoms with van der Waals surface area (Å²) in [7, 11) is 0. The lowest BCUT2D eigenvalue weighted by Gasteiger charge is -2.11. The average molecular weight is 341 g/mol. The van der Waals surface area contributed by atoms with E-state index in [2.05, 4.69) is 4.98 Å². The number of H-pyrrole nitrogens is 1. The summed E-state index contributed by atoms with van der Waals surface area (Å²) < 4.78 is 5.21. The molecule has 2 aromatic carbocycles. The van der Waals surface area contributed by atoms with Crippen molar-refractivity contribution in [3.05, 3.63) is 101 Å². The molecule has 0 fully saturated rings. The molecule has 26 heavy (non-hydrogen) atoms. The normalized spacial score (nSPS) is 11.2. The largest absolute Gasteiger partial charge is 0.465 e.